The number of hydrogen-bond donors (Lipinski definition) is 1. The molecular weight excluding hydrogens is 339 g/mol. The van der Waals surface area contributed by atoms with E-state index < -0.39 is 0 Å². The summed E-state index contributed by atoms with van der Waals surface area (Å²) in [5.74, 6) is 0.538. The van der Waals surface area contributed by atoms with E-state index in [1.165, 1.54) is 6.07 Å². The van der Waals surface area contributed by atoms with Crippen LogP contribution < -0.4 is 10.2 Å². The molecule has 27 heavy (non-hydrogen) atoms. The molecule has 4 rings (SSSR count). The molecule has 0 amide bonds. The average molecular weight is 360 g/mol. The van der Waals surface area contributed by atoms with Crippen molar-refractivity contribution in [1.29, 1.82) is 0 Å². The fourth-order valence-corrected chi connectivity index (χ4v) is 3.28. The highest BCUT2D eigenvalue weighted by atomic mass is 19.1. The van der Waals surface area contributed by atoms with Gasteiger partial charge in [0.25, 0.3) is 0 Å². The van der Waals surface area contributed by atoms with Crippen LogP contribution >= 0.6 is 0 Å². The van der Waals surface area contributed by atoms with Crippen molar-refractivity contribution >= 4 is 28.1 Å². The molecule has 0 aliphatic heterocycles. The lowest BCUT2D eigenvalue weighted by Crippen LogP contribution is -2.08. The third-order valence-electron chi connectivity index (χ3n) is 4.72. The standard InChI is InChI=1S/C22H21FN4/c1-26(2)18-9-5-8-17(13-18)25-22-19-14-21(15-6-4-7-16(23)12-15)27(3)20(19)10-11-24-22/h4-14H,1-3H3,(H,24,25). The fraction of sp³-hybridized carbons (Fsp3) is 0.136. The summed E-state index contributed by atoms with van der Waals surface area (Å²) in [4.78, 5) is 6.59. The maximum atomic E-state index is 13.7. The predicted molar refractivity (Wildman–Crippen MR) is 110 cm³/mol. The molecule has 0 unspecified atom stereocenters. The highest BCUT2D eigenvalue weighted by Crippen LogP contribution is 2.32. The van der Waals surface area contributed by atoms with Gasteiger partial charge < -0.3 is 14.8 Å². The Bertz CT molecular complexity index is 1110. The van der Waals surface area contributed by atoms with Gasteiger partial charge in [0.2, 0.25) is 0 Å². The average Bonchev–Trinajstić information content (AvgIpc) is 3.00. The van der Waals surface area contributed by atoms with Gasteiger partial charge in [-0.2, -0.15) is 0 Å². The predicted octanol–water partition coefficient (Wildman–Crippen LogP) is 5.19. The smallest absolute Gasteiger partial charge is 0.139 e. The van der Waals surface area contributed by atoms with Crippen LogP contribution in [-0.4, -0.2) is 23.6 Å². The maximum absolute atomic E-state index is 13.7. The first kappa shape index (κ1) is 17.1. The van der Waals surface area contributed by atoms with Crippen molar-refractivity contribution in [2.75, 3.05) is 24.3 Å². The zero-order valence-corrected chi connectivity index (χ0v) is 15.6. The van der Waals surface area contributed by atoms with Gasteiger partial charge in [-0.05, 0) is 42.5 Å². The van der Waals surface area contributed by atoms with Crippen molar-refractivity contribution in [2.45, 2.75) is 0 Å². The normalized spacial score (nSPS) is 11.0. The lowest BCUT2D eigenvalue weighted by Gasteiger charge is -2.14. The van der Waals surface area contributed by atoms with E-state index in [0.717, 1.165) is 39.4 Å². The van der Waals surface area contributed by atoms with E-state index in [1.807, 2.05) is 45.4 Å². The first-order valence-electron chi connectivity index (χ1n) is 8.78. The third kappa shape index (κ3) is 3.24. The monoisotopic (exact) mass is 360 g/mol. The summed E-state index contributed by atoms with van der Waals surface area (Å²) in [6, 6.07) is 18.8. The zero-order chi connectivity index (χ0) is 19.0. The van der Waals surface area contributed by atoms with Crippen LogP contribution in [0.25, 0.3) is 22.2 Å². The Hall–Kier alpha value is -3.34. The summed E-state index contributed by atoms with van der Waals surface area (Å²) < 4.78 is 15.7. The van der Waals surface area contributed by atoms with E-state index in [2.05, 4.69) is 38.0 Å². The minimum atomic E-state index is -0.241. The number of benzene rings is 2. The van der Waals surface area contributed by atoms with Crippen LogP contribution in [0.1, 0.15) is 0 Å². The summed E-state index contributed by atoms with van der Waals surface area (Å²) in [6.45, 7) is 0. The highest BCUT2D eigenvalue weighted by molar-refractivity contribution is 5.96. The Labute approximate surface area is 157 Å². The molecule has 2 heterocycles. The molecule has 4 nitrogen and oxygen atoms in total. The van der Waals surface area contributed by atoms with Crippen LogP contribution in [-0.2, 0) is 7.05 Å². The maximum Gasteiger partial charge on any atom is 0.139 e. The van der Waals surface area contributed by atoms with E-state index in [1.54, 1.807) is 18.3 Å². The molecule has 0 bridgehead atoms. The second kappa shape index (κ2) is 6.76. The Morgan fingerprint density at radius 1 is 1.00 bits per heavy atom. The lowest BCUT2D eigenvalue weighted by atomic mass is 10.1. The second-order valence-corrected chi connectivity index (χ2v) is 6.76. The van der Waals surface area contributed by atoms with Crippen molar-refractivity contribution in [2.24, 2.45) is 7.05 Å². The first-order chi connectivity index (χ1) is 13.0. The van der Waals surface area contributed by atoms with E-state index in [9.17, 15) is 4.39 Å². The van der Waals surface area contributed by atoms with E-state index >= 15 is 0 Å². The molecule has 0 saturated heterocycles. The SMILES string of the molecule is CN(C)c1cccc(Nc2nccc3c2cc(-c2cccc(F)c2)n3C)c1. The summed E-state index contributed by atoms with van der Waals surface area (Å²) in [5, 5.41) is 4.42. The van der Waals surface area contributed by atoms with Crippen molar-refractivity contribution in [3.05, 3.63) is 72.7 Å². The minimum Gasteiger partial charge on any atom is -0.378 e. The number of aromatic nitrogens is 2. The van der Waals surface area contributed by atoms with Crippen LogP contribution in [0.3, 0.4) is 0 Å². The molecule has 0 atom stereocenters. The number of hydrogen-bond acceptors (Lipinski definition) is 3. The quantitative estimate of drug-likeness (QED) is 0.544. The molecule has 0 spiro atoms. The van der Waals surface area contributed by atoms with Crippen molar-refractivity contribution in [3.8, 4) is 11.3 Å². The third-order valence-corrected chi connectivity index (χ3v) is 4.72. The largest absolute Gasteiger partial charge is 0.378 e. The van der Waals surface area contributed by atoms with Gasteiger partial charge in [0.1, 0.15) is 11.6 Å². The number of nitrogens with one attached hydrogen (secondary N) is 1. The number of pyridine rings is 1. The molecular formula is C22H21FN4. The number of anilines is 3. The molecule has 2 aromatic heterocycles. The molecule has 0 radical (unpaired) electrons. The zero-order valence-electron chi connectivity index (χ0n) is 15.6. The van der Waals surface area contributed by atoms with Gasteiger partial charge in [-0.15, -0.1) is 0 Å². The van der Waals surface area contributed by atoms with E-state index in [-0.39, 0.29) is 5.82 Å². The molecule has 0 fully saturated rings. The van der Waals surface area contributed by atoms with Gasteiger partial charge in [-0.25, -0.2) is 9.37 Å². The van der Waals surface area contributed by atoms with Crippen LogP contribution in [0.2, 0.25) is 0 Å². The molecule has 4 aromatic rings. The number of rotatable bonds is 4. The Balaban J connectivity index is 1.79. The summed E-state index contributed by atoms with van der Waals surface area (Å²) in [7, 11) is 6.01. The van der Waals surface area contributed by atoms with Gasteiger partial charge in [0, 0.05) is 55.4 Å². The molecule has 5 heteroatoms. The van der Waals surface area contributed by atoms with Crippen LogP contribution in [0.15, 0.2) is 66.9 Å². The molecule has 1 N–H and O–H groups in total. The Morgan fingerprint density at radius 2 is 1.81 bits per heavy atom. The number of nitrogens with zero attached hydrogens (tertiary/aromatic N) is 3. The minimum absolute atomic E-state index is 0.241. The summed E-state index contributed by atoms with van der Waals surface area (Å²) in [5.41, 5.74) is 4.91. The van der Waals surface area contributed by atoms with Gasteiger partial charge in [0.15, 0.2) is 0 Å². The first-order valence-corrected chi connectivity index (χ1v) is 8.78. The van der Waals surface area contributed by atoms with Crippen LogP contribution in [0.4, 0.5) is 21.6 Å². The molecule has 2 aromatic carbocycles. The highest BCUT2D eigenvalue weighted by Gasteiger charge is 2.12. The number of fused-ring (bicyclic) bond motifs is 1. The van der Waals surface area contributed by atoms with Crippen LogP contribution in [0.5, 0.6) is 0 Å². The Morgan fingerprint density at radius 3 is 2.59 bits per heavy atom. The van der Waals surface area contributed by atoms with Gasteiger partial charge in [-0.3, -0.25) is 0 Å². The summed E-state index contributed by atoms with van der Waals surface area (Å²) in [6.07, 6.45) is 1.79. The lowest BCUT2D eigenvalue weighted by molar-refractivity contribution is 0.628. The van der Waals surface area contributed by atoms with Crippen molar-refractivity contribution in [3.63, 3.8) is 0 Å². The van der Waals surface area contributed by atoms with E-state index in [4.69, 9.17) is 0 Å². The second-order valence-electron chi connectivity index (χ2n) is 6.76. The number of halogens is 1. The molecule has 0 aliphatic carbocycles. The molecule has 0 saturated carbocycles. The molecule has 136 valence electrons. The number of aryl methyl sites for hydroxylation is 1. The Kier molecular flexibility index (Phi) is 4.28. The van der Waals surface area contributed by atoms with E-state index in [0.29, 0.717) is 0 Å². The van der Waals surface area contributed by atoms with Gasteiger partial charge in [-0.1, -0.05) is 18.2 Å². The van der Waals surface area contributed by atoms with Crippen LogP contribution in [0, 0.1) is 5.82 Å². The van der Waals surface area contributed by atoms with Crippen molar-refractivity contribution in [1.82, 2.24) is 9.55 Å². The van der Waals surface area contributed by atoms with Gasteiger partial charge in [0.05, 0.1) is 5.52 Å². The molecule has 0 aliphatic rings. The fourth-order valence-electron chi connectivity index (χ4n) is 3.28. The van der Waals surface area contributed by atoms with Crippen molar-refractivity contribution < 1.29 is 4.39 Å². The van der Waals surface area contributed by atoms with Gasteiger partial charge >= 0.3 is 0 Å². The summed E-state index contributed by atoms with van der Waals surface area (Å²) >= 11 is 0. The topological polar surface area (TPSA) is 33.1 Å².